The van der Waals surface area contributed by atoms with Crippen molar-refractivity contribution in [1.29, 1.82) is 0 Å². The van der Waals surface area contributed by atoms with E-state index in [0.717, 1.165) is 25.7 Å². The molecule has 36 heavy (non-hydrogen) atoms. The van der Waals surface area contributed by atoms with Crippen LogP contribution in [0.1, 0.15) is 43.2 Å². The van der Waals surface area contributed by atoms with Gasteiger partial charge < -0.3 is 23.4 Å². The van der Waals surface area contributed by atoms with E-state index in [9.17, 15) is 9.59 Å². The Morgan fingerprint density at radius 1 is 0.722 bits per heavy atom. The number of carbonyl (C=O) groups excluding carboxylic acids is 2. The van der Waals surface area contributed by atoms with Crippen molar-refractivity contribution < 1.29 is 33.0 Å². The number of rotatable bonds is 14. The molecule has 7 heteroatoms. The molecule has 7 nitrogen and oxygen atoms in total. The van der Waals surface area contributed by atoms with Crippen LogP contribution in [0.2, 0.25) is 0 Å². The van der Waals surface area contributed by atoms with Gasteiger partial charge in [0, 0.05) is 12.8 Å². The van der Waals surface area contributed by atoms with Crippen LogP contribution in [0.4, 0.5) is 0 Å². The second-order valence-electron chi connectivity index (χ2n) is 9.53. The number of ether oxygens (including phenoxy) is 4. The average Bonchev–Trinajstić information content (AvgIpc) is 2.91. The molecule has 3 rings (SSSR count). The fourth-order valence-electron chi connectivity index (χ4n) is 4.96. The number of methoxy groups -OCH3 is 2. The molecule has 196 valence electrons. The van der Waals surface area contributed by atoms with Gasteiger partial charge in [0.15, 0.2) is 13.2 Å². The number of piperidine rings is 1. The van der Waals surface area contributed by atoms with Crippen molar-refractivity contribution in [2.75, 3.05) is 53.6 Å². The van der Waals surface area contributed by atoms with Crippen molar-refractivity contribution in [3.05, 3.63) is 59.7 Å². The summed E-state index contributed by atoms with van der Waals surface area (Å²) in [5, 5.41) is 0. The minimum absolute atomic E-state index is 0.0692. The first-order valence-corrected chi connectivity index (χ1v) is 12.9. The van der Waals surface area contributed by atoms with Gasteiger partial charge in [0.25, 0.3) is 0 Å². The Kier molecular flexibility index (Phi) is 11.1. The first-order chi connectivity index (χ1) is 17.5. The highest BCUT2D eigenvalue weighted by atomic mass is 16.6. The Morgan fingerprint density at radius 3 is 1.64 bits per heavy atom. The molecule has 1 heterocycles. The Morgan fingerprint density at radius 2 is 1.19 bits per heavy atom. The number of hydrogen-bond donors (Lipinski definition) is 0. The minimum Gasteiger partial charge on any atom is -0.482 e. The summed E-state index contributed by atoms with van der Waals surface area (Å²) in [5.41, 5.74) is 2.47. The van der Waals surface area contributed by atoms with Gasteiger partial charge in [-0.15, -0.1) is 0 Å². The van der Waals surface area contributed by atoms with Crippen molar-refractivity contribution >= 4 is 11.9 Å². The summed E-state index contributed by atoms with van der Waals surface area (Å²) < 4.78 is 21.6. The lowest BCUT2D eigenvalue weighted by molar-refractivity contribution is -0.932. The lowest BCUT2D eigenvalue weighted by atomic mass is 10.0. The van der Waals surface area contributed by atoms with Gasteiger partial charge >= 0.3 is 11.9 Å². The molecule has 0 amide bonds. The van der Waals surface area contributed by atoms with E-state index in [4.69, 9.17) is 9.47 Å². The van der Waals surface area contributed by atoms with E-state index in [-0.39, 0.29) is 25.2 Å². The molecule has 0 spiro atoms. The van der Waals surface area contributed by atoms with E-state index in [1.54, 1.807) is 0 Å². The zero-order valence-corrected chi connectivity index (χ0v) is 21.7. The standard InChI is InChI=1S/C29H40NO6/c1-33-28(31)22-35-26-14-6-10-24(20-26)12-8-18-30(16-4-3-5-17-30)19-9-13-25-11-7-15-27(21-25)36-23-29(32)34-2/h6-7,10-11,14-15,20-21H,3-5,8-9,12-13,16-19,22-23H2,1-2H3/q+1. The van der Waals surface area contributed by atoms with Crippen LogP contribution in [0.25, 0.3) is 0 Å². The third-order valence-corrected chi connectivity index (χ3v) is 6.93. The molecular formula is C29H40NO6+. The smallest absolute Gasteiger partial charge is 0.343 e. The highest BCUT2D eigenvalue weighted by molar-refractivity contribution is 5.71. The van der Waals surface area contributed by atoms with Gasteiger partial charge in [0.1, 0.15) is 11.5 Å². The fourth-order valence-corrected chi connectivity index (χ4v) is 4.96. The molecule has 1 aliphatic heterocycles. The van der Waals surface area contributed by atoms with Gasteiger partial charge in [-0.3, -0.25) is 0 Å². The summed E-state index contributed by atoms with van der Waals surface area (Å²) in [5.74, 6) is 0.657. The second kappa shape index (κ2) is 14.5. The second-order valence-corrected chi connectivity index (χ2v) is 9.53. The first kappa shape index (κ1) is 27.5. The molecule has 0 bridgehead atoms. The van der Waals surface area contributed by atoms with Crippen LogP contribution < -0.4 is 9.47 Å². The Labute approximate surface area is 214 Å². The van der Waals surface area contributed by atoms with Crippen molar-refractivity contribution in [2.45, 2.75) is 44.9 Å². The number of nitrogens with zero attached hydrogens (tertiary/aromatic N) is 1. The van der Waals surface area contributed by atoms with Crippen molar-refractivity contribution in [3.8, 4) is 11.5 Å². The molecule has 1 fully saturated rings. The first-order valence-electron chi connectivity index (χ1n) is 12.9. The van der Waals surface area contributed by atoms with Crippen LogP contribution in [-0.4, -0.2) is 70.0 Å². The van der Waals surface area contributed by atoms with Gasteiger partial charge in [0.05, 0.1) is 40.4 Å². The van der Waals surface area contributed by atoms with E-state index in [1.807, 2.05) is 36.4 Å². The van der Waals surface area contributed by atoms with E-state index in [0.29, 0.717) is 11.5 Å². The molecular weight excluding hydrogens is 458 g/mol. The monoisotopic (exact) mass is 498 g/mol. The van der Waals surface area contributed by atoms with Gasteiger partial charge in [-0.05, 0) is 67.5 Å². The molecule has 0 N–H and O–H groups in total. The van der Waals surface area contributed by atoms with E-state index in [1.165, 1.54) is 75.3 Å². The number of likely N-dealkylation sites (tertiary alicyclic amines) is 1. The molecule has 1 saturated heterocycles. The summed E-state index contributed by atoms with van der Waals surface area (Å²) in [4.78, 5) is 22.7. The lowest BCUT2D eigenvalue weighted by Gasteiger charge is -2.42. The highest BCUT2D eigenvalue weighted by Crippen LogP contribution is 2.23. The zero-order chi connectivity index (χ0) is 25.6. The summed E-state index contributed by atoms with van der Waals surface area (Å²) in [6.45, 7) is 4.72. The maximum Gasteiger partial charge on any atom is 0.343 e. The predicted molar refractivity (Wildman–Crippen MR) is 138 cm³/mol. The quantitative estimate of drug-likeness (QED) is 0.285. The molecule has 0 saturated carbocycles. The largest absolute Gasteiger partial charge is 0.482 e. The number of aryl methyl sites for hydroxylation is 2. The molecule has 1 aliphatic rings. The van der Waals surface area contributed by atoms with E-state index in [2.05, 4.69) is 21.6 Å². The zero-order valence-electron chi connectivity index (χ0n) is 21.7. The Bertz CT molecular complexity index is 898. The Hall–Kier alpha value is -3.06. The molecule has 2 aromatic carbocycles. The van der Waals surface area contributed by atoms with Gasteiger partial charge in [0.2, 0.25) is 0 Å². The van der Waals surface area contributed by atoms with Crippen molar-refractivity contribution in [1.82, 2.24) is 0 Å². The maximum atomic E-state index is 11.3. The predicted octanol–water partition coefficient (Wildman–Crippen LogP) is 4.36. The maximum absolute atomic E-state index is 11.3. The van der Waals surface area contributed by atoms with Crippen molar-refractivity contribution in [3.63, 3.8) is 0 Å². The van der Waals surface area contributed by atoms with Crippen LogP contribution in [0.3, 0.4) is 0 Å². The summed E-state index contributed by atoms with van der Waals surface area (Å²) in [7, 11) is 2.72. The van der Waals surface area contributed by atoms with Gasteiger partial charge in [-0.2, -0.15) is 0 Å². The number of benzene rings is 2. The van der Waals surface area contributed by atoms with E-state index >= 15 is 0 Å². The van der Waals surface area contributed by atoms with Crippen LogP contribution in [0.15, 0.2) is 48.5 Å². The number of carbonyl (C=O) groups is 2. The molecule has 0 aliphatic carbocycles. The molecule has 0 radical (unpaired) electrons. The van der Waals surface area contributed by atoms with Crippen LogP contribution in [0.5, 0.6) is 11.5 Å². The average molecular weight is 499 g/mol. The highest BCUT2D eigenvalue weighted by Gasteiger charge is 2.28. The molecule has 2 aromatic rings. The topological polar surface area (TPSA) is 71.1 Å². The van der Waals surface area contributed by atoms with Crippen molar-refractivity contribution in [2.24, 2.45) is 0 Å². The Balaban J connectivity index is 1.49. The van der Waals surface area contributed by atoms with E-state index < -0.39 is 0 Å². The fraction of sp³-hybridized carbons (Fsp3) is 0.517. The summed E-state index contributed by atoms with van der Waals surface area (Å²) in [6.07, 6.45) is 8.17. The lowest BCUT2D eigenvalue weighted by Crippen LogP contribution is -2.52. The minimum atomic E-state index is -0.377. The van der Waals surface area contributed by atoms with Gasteiger partial charge in [-0.25, -0.2) is 9.59 Å². The summed E-state index contributed by atoms with van der Waals surface area (Å²) >= 11 is 0. The van der Waals surface area contributed by atoms with Crippen LogP contribution in [-0.2, 0) is 31.9 Å². The third-order valence-electron chi connectivity index (χ3n) is 6.93. The number of quaternary nitrogens is 1. The molecule has 0 aromatic heterocycles. The molecule has 0 unspecified atom stereocenters. The van der Waals surface area contributed by atoms with Crippen LogP contribution >= 0.6 is 0 Å². The number of hydrogen-bond acceptors (Lipinski definition) is 6. The summed E-state index contributed by atoms with van der Waals surface area (Å²) in [6, 6.07) is 16.0. The van der Waals surface area contributed by atoms with Crippen LogP contribution in [0, 0.1) is 0 Å². The third kappa shape index (κ3) is 9.19. The molecule has 0 atom stereocenters. The normalized spacial score (nSPS) is 14.6. The number of esters is 2. The SMILES string of the molecule is COC(=O)COc1cccc(CCC[N+]2(CCCc3cccc(OCC(=O)OC)c3)CCCCC2)c1. The van der Waals surface area contributed by atoms with Gasteiger partial charge in [-0.1, -0.05) is 24.3 Å².